The molecule has 0 saturated heterocycles. The summed E-state index contributed by atoms with van der Waals surface area (Å²) in [6, 6.07) is 3.44. The van der Waals surface area contributed by atoms with Gasteiger partial charge in [-0.25, -0.2) is 0 Å². The molecule has 2 aliphatic carbocycles. The number of anilines is 1. The van der Waals surface area contributed by atoms with E-state index in [1.807, 2.05) is 13.8 Å². The van der Waals surface area contributed by atoms with Gasteiger partial charge in [0.15, 0.2) is 5.82 Å². The molecule has 2 aliphatic rings. The fourth-order valence-electron chi connectivity index (χ4n) is 4.22. The Balaban J connectivity index is 1.69. The molecule has 1 fully saturated rings. The summed E-state index contributed by atoms with van der Waals surface area (Å²) >= 11 is 0. The minimum absolute atomic E-state index is 0.00479. The average molecular weight is 387 g/mol. The maximum Gasteiger partial charge on any atom is 0.274 e. The average Bonchev–Trinajstić information content (AvgIpc) is 3.27. The van der Waals surface area contributed by atoms with Crippen LogP contribution >= 0.6 is 0 Å². The molecule has 148 valence electrons. The Hall–Kier alpha value is -2.54. The Morgan fingerprint density at radius 3 is 2.50 bits per heavy atom. The lowest BCUT2D eigenvalue weighted by Gasteiger charge is -2.17. The molecule has 5 nitrogen and oxygen atoms in total. The van der Waals surface area contributed by atoms with Gasteiger partial charge in [-0.1, -0.05) is 6.07 Å². The highest BCUT2D eigenvalue weighted by Crippen LogP contribution is 2.44. The Bertz CT molecular complexity index is 971. The zero-order chi connectivity index (χ0) is 20.0. The van der Waals surface area contributed by atoms with E-state index < -0.39 is 6.08 Å². The molecule has 2 atom stereocenters. The van der Waals surface area contributed by atoms with Crippen LogP contribution in [0.2, 0.25) is 0 Å². The fraction of sp³-hybridized carbons (Fsp3) is 0.429. The summed E-state index contributed by atoms with van der Waals surface area (Å²) in [6.45, 7) is 3.85. The van der Waals surface area contributed by atoms with Crippen molar-refractivity contribution in [3.8, 4) is 17.0 Å². The van der Waals surface area contributed by atoms with Gasteiger partial charge in [-0.05, 0) is 68.7 Å². The van der Waals surface area contributed by atoms with Crippen LogP contribution in [0.3, 0.4) is 0 Å². The second kappa shape index (κ2) is 7.13. The quantitative estimate of drug-likeness (QED) is 0.730. The number of halogens is 2. The van der Waals surface area contributed by atoms with Crippen LogP contribution in [0.5, 0.6) is 5.75 Å². The Kier molecular flexibility index (Phi) is 4.79. The normalized spacial score (nSPS) is 21.1. The highest BCUT2D eigenvalue weighted by Gasteiger charge is 2.27. The van der Waals surface area contributed by atoms with Crippen molar-refractivity contribution in [2.45, 2.75) is 58.1 Å². The van der Waals surface area contributed by atoms with Gasteiger partial charge in [0.2, 0.25) is 0 Å². The molecule has 1 aromatic heterocycles. The molecule has 3 N–H and O–H groups in total. The predicted octanol–water partition coefficient (Wildman–Crippen LogP) is 4.35. The van der Waals surface area contributed by atoms with Crippen LogP contribution in [0.1, 0.15) is 47.9 Å². The summed E-state index contributed by atoms with van der Waals surface area (Å²) in [7, 11) is 0. The second-order valence-electron chi connectivity index (χ2n) is 7.68. The molecule has 0 amide bonds. The number of phenols is 1. The highest BCUT2D eigenvalue weighted by atomic mass is 19.3. The van der Waals surface area contributed by atoms with Crippen molar-refractivity contribution < 1.29 is 19.0 Å². The van der Waals surface area contributed by atoms with Gasteiger partial charge in [-0.3, -0.25) is 0 Å². The number of nitrogens with one attached hydrogen (secondary N) is 1. The minimum atomic E-state index is -1.69. The van der Waals surface area contributed by atoms with Crippen LogP contribution < -0.4 is 5.32 Å². The van der Waals surface area contributed by atoms with Crippen molar-refractivity contribution in [3.05, 3.63) is 40.5 Å². The summed E-state index contributed by atoms with van der Waals surface area (Å²) in [5.74, 6) is 0.677. The summed E-state index contributed by atoms with van der Waals surface area (Å²) < 4.78 is 26.2. The number of aromatic nitrogens is 2. The first kappa shape index (κ1) is 18.8. The number of aliphatic hydroxyl groups is 1. The number of phenolic OH excluding ortho intramolecular Hbond substituents is 1. The fourth-order valence-corrected chi connectivity index (χ4v) is 4.22. The van der Waals surface area contributed by atoms with Crippen LogP contribution in [0.4, 0.5) is 14.6 Å². The third-order valence-corrected chi connectivity index (χ3v) is 5.98. The molecule has 1 saturated carbocycles. The monoisotopic (exact) mass is 387 g/mol. The van der Waals surface area contributed by atoms with Gasteiger partial charge in [-0.2, -0.15) is 8.78 Å². The van der Waals surface area contributed by atoms with Gasteiger partial charge in [0.05, 0.1) is 11.8 Å². The molecule has 4 rings (SSSR count). The maximum absolute atomic E-state index is 13.1. The van der Waals surface area contributed by atoms with Crippen LogP contribution in [0.25, 0.3) is 16.8 Å². The largest absolute Gasteiger partial charge is 0.507 e. The van der Waals surface area contributed by atoms with Gasteiger partial charge in [0, 0.05) is 22.7 Å². The third-order valence-electron chi connectivity index (χ3n) is 5.98. The first-order valence-electron chi connectivity index (χ1n) is 9.55. The van der Waals surface area contributed by atoms with E-state index in [0.29, 0.717) is 41.0 Å². The van der Waals surface area contributed by atoms with Crippen molar-refractivity contribution in [3.63, 3.8) is 0 Å². The number of rotatable bonds is 3. The Labute approximate surface area is 162 Å². The maximum atomic E-state index is 13.1. The number of hydrogen-bond acceptors (Lipinski definition) is 5. The van der Waals surface area contributed by atoms with Gasteiger partial charge in [-0.15, -0.1) is 10.2 Å². The zero-order valence-corrected chi connectivity index (χ0v) is 15.9. The van der Waals surface area contributed by atoms with E-state index in [2.05, 4.69) is 15.5 Å². The zero-order valence-electron chi connectivity index (χ0n) is 15.9. The molecule has 0 aliphatic heterocycles. The van der Waals surface area contributed by atoms with Gasteiger partial charge < -0.3 is 15.5 Å². The smallest absolute Gasteiger partial charge is 0.274 e. The van der Waals surface area contributed by atoms with E-state index in [4.69, 9.17) is 0 Å². The molecular weight excluding hydrogens is 364 g/mol. The summed E-state index contributed by atoms with van der Waals surface area (Å²) in [5, 5.41) is 32.4. The lowest BCUT2D eigenvalue weighted by Crippen LogP contribution is -2.19. The molecule has 0 radical (unpaired) electrons. The predicted molar refractivity (Wildman–Crippen MR) is 103 cm³/mol. The van der Waals surface area contributed by atoms with Crippen molar-refractivity contribution in [2.75, 3.05) is 5.32 Å². The Morgan fingerprint density at radius 1 is 1.07 bits per heavy atom. The van der Waals surface area contributed by atoms with Gasteiger partial charge in [0.1, 0.15) is 5.75 Å². The number of benzene rings is 1. The molecule has 7 heteroatoms. The molecule has 1 heterocycles. The van der Waals surface area contributed by atoms with Crippen LogP contribution in [0, 0.1) is 13.8 Å². The van der Waals surface area contributed by atoms with Gasteiger partial charge >= 0.3 is 0 Å². The molecule has 0 bridgehead atoms. The number of aliphatic hydroxyl groups excluding tert-OH is 1. The number of aromatic hydroxyl groups is 1. The van der Waals surface area contributed by atoms with Crippen LogP contribution in [-0.4, -0.2) is 32.6 Å². The summed E-state index contributed by atoms with van der Waals surface area (Å²) in [5.41, 5.74) is 3.82. The van der Waals surface area contributed by atoms with E-state index in [-0.39, 0.29) is 29.9 Å². The molecule has 2 aromatic rings. The molecule has 0 spiro atoms. The van der Waals surface area contributed by atoms with Crippen molar-refractivity contribution in [1.29, 1.82) is 0 Å². The SMILES string of the molecule is Cc1c(N[C@@H]2CC[C@@H](O)C2)nnc(-c2ccc3c(c2O)CCC3=C(F)F)c1C. The molecule has 1 aromatic carbocycles. The van der Waals surface area contributed by atoms with E-state index >= 15 is 0 Å². The van der Waals surface area contributed by atoms with Crippen molar-refractivity contribution in [1.82, 2.24) is 10.2 Å². The first-order chi connectivity index (χ1) is 13.4. The second-order valence-corrected chi connectivity index (χ2v) is 7.68. The number of nitrogens with zero attached hydrogens (tertiary/aromatic N) is 2. The molecule has 0 unspecified atom stereocenters. The standard InChI is InChI=1S/C21H23F2N3O2/c1-10-11(2)21(24-12-3-4-13(27)9-12)26-25-18(10)17-8-5-14-15(19(17)28)6-7-16(14)20(22)23/h5,8,12-13,27-28H,3-4,6-7,9H2,1-2H3,(H,24,26)/t12-,13-/m1/s1. The minimum Gasteiger partial charge on any atom is -0.507 e. The molecular formula is C21H23F2N3O2. The van der Waals surface area contributed by atoms with E-state index in [0.717, 1.165) is 24.0 Å². The van der Waals surface area contributed by atoms with E-state index in [1.165, 1.54) is 0 Å². The van der Waals surface area contributed by atoms with Gasteiger partial charge in [0.25, 0.3) is 6.08 Å². The first-order valence-corrected chi connectivity index (χ1v) is 9.55. The summed E-state index contributed by atoms with van der Waals surface area (Å²) in [4.78, 5) is 0. The summed E-state index contributed by atoms with van der Waals surface area (Å²) in [6.07, 6.45) is 1.00. The molecule has 28 heavy (non-hydrogen) atoms. The van der Waals surface area contributed by atoms with E-state index in [9.17, 15) is 19.0 Å². The van der Waals surface area contributed by atoms with E-state index in [1.54, 1.807) is 12.1 Å². The topological polar surface area (TPSA) is 78.3 Å². The van der Waals surface area contributed by atoms with Crippen molar-refractivity contribution >= 4 is 11.4 Å². The van der Waals surface area contributed by atoms with Crippen LogP contribution in [-0.2, 0) is 6.42 Å². The Morgan fingerprint density at radius 2 is 1.82 bits per heavy atom. The van der Waals surface area contributed by atoms with Crippen molar-refractivity contribution in [2.24, 2.45) is 0 Å². The third kappa shape index (κ3) is 3.13. The lowest BCUT2D eigenvalue weighted by molar-refractivity contribution is 0.182. The number of hydrogen-bond donors (Lipinski definition) is 3. The highest BCUT2D eigenvalue weighted by molar-refractivity contribution is 5.82. The number of fused-ring (bicyclic) bond motifs is 1. The van der Waals surface area contributed by atoms with Crippen LogP contribution in [0.15, 0.2) is 18.2 Å². The number of allylic oxidation sites excluding steroid dienone is 1. The lowest BCUT2D eigenvalue weighted by atomic mass is 9.97.